The van der Waals surface area contributed by atoms with Crippen LogP contribution in [0, 0.1) is 5.92 Å². The molecule has 0 aliphatic heterocycles. The van der Waals surface area contributed by atoms with E-state index in [4.69, 9.17) is 10.2 Å². The van der Waals surface area contributed by atoms with E-state index in [1.54, 1.807) is 6.20 Å². The summed E-state index contributed by atoms with van der Waals surface area (Å²) in [6.45, 7) is 4.69. The lowest BCUT2D eigenvalue weighted by Gasteiger charge is -2.18. The van der Waals surface area contributed by atoms with Crippen molar-refractivity contribution in [2.24, 2.45) is 11.7 Å². The lowest BCUT2D eigenvalue weighted by atomic mass is 10.0. The molecule has 1 aromatic heterocycles. The van der Waals surface area contributed by atoms with Crippen molar-refractivity contribution in [2.75, 3.05) is 6.54 Å². The summed E-state index contributed by atoms with van der Waals surface area (Å²) in [5.74, 6) is 1.73. The van der Waals surface area contributed by atoms with Crippen LogP contribution in [0.4, 0.5) is 0 Å². The van der Waals surface area contributed by atoms with Gasteiger partial charge in [0.2, 0.25) is 5.91 Å². The molecule has 1 heterocycles. The second-order valence-electron chi connectivity index (χ2n) is 6.23. The number of benzene rings is 1. The fraction of sp³-hybridized carbons (Fsp3) is 0.444. The normalized spacial score (nSPS) is 12.4. The van der Waals surface area contributed by atoms with Crippen molar-refractivity contribution in [3.8, 4) is 11.3 Å². The molecule has 1 atom stereocenters. The highest BCUT2D eigenvalue weighted by molar-refractivity contribution is 9.10. The third-order valence-corrected chi connectivity index (χ3v) is 4.36. The number of nitrogens with zero attached hydrogens (tertiary/aromatic N) is 1. The predicted octanol–water partition coefficient (Wildman–Crippen LogP) is 3.53. The Morgan fingerprint density at radius 3 is 2.79 bits per heavy atom. The number of carbonyl (C=O) groups is 1. The molecule has 0 aliphatic rings. The maximum atomic E-state index is 12.1. The first kappa shape index (κ1) is 18.7. The molecule has 0 spiro atoms. The molecule has 2 aromatic rings. The van der Waals surface area contributed by atoms with Crippen molar-refractivity contribution in [3.05, 3.63) is 40.8 Å². The molecule has 24 heavy (non-hydrogen) atoms. The first-order valence-corrected chi connectivity index (χ1v) is 8.98. The lowest BCUT2D eigenvalue weighted by molar-refractivity contribution is -0.121. The van der Waals surface area contributed by atoms with Crippen LogP contribution < -0.4 is 11.1 Å². The van der Waals surface area contributed by atoms with Crippen LogP contribution in [0.1, 0.15) is 32.6 Å². The number of aromatic nitrogens is 1. The standard InChI is InChI=1S/C18H24BrN3O2/c1-12(2)9-13(10-20)22-17(23)7-8-18-21-11-16(24-18)14-5-3-4-6-15(14)19/h3-6,11-13H,7-10,20H2,1-2H3,(H,22,23). The highest BCUT2D eigenvalue weighted by atomic mass is 79.9. The Morgan fingerprint density at radius 2 is 2.12 bits per heavy atom. The number of aryl methyl sites for hydroxylation is 1. The topological polar surface area (TPSA) is 81.1 Å². The first-order chi connectivity index (χ1) is 11.5. The van der Waals surface area contributed by atoms with E-state index in [2.05, 4.69) is 40.1 Å². The molecule has 0 aliphatic carbocycles. The summed E-state index contributed by atoms with van der Waals surface area (Å²) in [6, 6.07) is 7.82. The molecule has 0 fully saturated rings. The highest BCUT2D eigenvalue weighted by Crippen LogP contribution is 2.28. The number of hydrogen-bond donors (Lipinski definition) is 2. The van der Waals surface area contributed by atoms with E-state index in [9.17, 15) is 4.79 Å². The number of amides is 1. The predicted molar refractivity (Wildman–Crippen MR) is 98.4 cm³/mol. The smallest absolute Gasteiger partial charge is 0.220 e. The van der Waals surface area contributed by atoms with Crippen LogP contribution in [0.3, 0.4) is 0 Å². The summed E-state index contributed by atoms with van der Waals surface area (Å²) in [5, 5.41) is 2.97. The molecule has 0 saturated heterocycles. The summed E-state index contributed by atoms with van der Waals surface area (Å²) in [7, 11) is 0. The van der Waals surface area contributed by atoms with E-state index >= 15 is 0 Å². The minimum absolute atomic E-state index is 0.0215. The quantitative estimate of drug-likeness (QED) is 0.718. The van der Waals surface area contributed by atoms with E-state index in [1.165, 1.54) is 0 Å². The van der Waals surface area contributed by atoms with Crippen LogP contribution in [0.15, 0.2) is 39.4 Å². The van der Waals surface area contributed by atoms with Crippen LogP contribution in [-0.2, 0) is 11.2 Å². The fourth-order valence-corrected chi connectivity index (χ4v) is 2.99. The number of carbonyl (C=O) groups excluding carboxylic acids is 1. The molecule has 0 radical (unpaired) electrons. The molecule has 0 saturated carbocycles. The van der Waals surface area contributed by atoms with Crippen molar-refractivity contribution in [3.63, 3.8) is 0 Å². The van der Waals surface area contributed by atoms with Crippen molar-refractivity contribution < 1.29 is 9.21 Å². The van der Waals surface area contributed by atoms with Gasteiger partial charge in [0.05, 0.1) is 6.20 Å². The molecule has 5 nitrogen and oxygen atoms in total. The average Bonchev–Trinajstić information content (AvgIpc) is 3.01. The molecule has 6 heteroatoms. The minimum atomic E-state index is -0.0215. The van der Waals surface area contributed by atoms with Crippen molar-refractivity contribution in [1.29, 1.82) is 0 Å². The van der Waals surface area contributed by atoms with Crippen molar-refractivity contribution in [1.82, 2.24) is 10.3 Å². The molecule has 2 rings (SSSR count). The van der Waals surface area contributed by atoms with Gasteiger partial charge in [-0.15, -0.1) is 0 Å². The molecule has 130 valence electrons. The number of nitrogens with two attached hydrogens (primary N) is 1. The van der Waals surface area contributed by atoms with Gasteiger partial charge in [0.1, 0.15) is 0 Å². The van der Waals surface area contributed by atoms with Gasteiger partial charge in [-0.2, -0.15) is 0 Å². The summed E-state index contributed by atoms with van der Waals surface area (Å²) < 4.78 is 6.70. The Morgan fingerprint density at radius 1 is 1.38 bits per heavy atom. The Labute approximate surface area is 151 Å². The maximum Gasteiger partial charge on any atom is 0.220 e. The third-order valence-electron chi connectivity index (χ3n) is 3.66. The Hall–Kier alpha value is -1.66. The SMILES string of the molecule is CC(C)CC(CN)NC(=O)CCc1ncc(-c2ccccc2Br)o1. The van der Waals surface area contributed by atoms with Gasteiger partial charge in [-0.05, 0) is 18.4 Å². The summed E-state index contributed by atoms with van der Waals surface area (Å²) in [6.07, 6.45) is 3.38. The third kappa shape index (κ3) is 5.46. The van der Waals surface area contributed by atoms with Crippen LogP contribution >= 0.6 is 15.9 Å². The summed E-state index contributed by atoms with van der Waals surface area (Å²) in [4.78, 5) is 16.3. The van der Waals surface area contributed by atoms with Gasteiger partial charge in [-0.25, -0.2) is 4.98 Å². The second-order valence-corrected chi connectivity index (χ2v) is 7.08. The molecular formula is C18H24BrN3O2. The van der Waals surface area contributed by atoms with Gasteiger partial charge in [0.25, 0.3) is 0 Å². The monoisotopic (exact) mass is 393 g/mol. The van der Waals surface area contributed by atoms with Crippen molar-refractivity contribution in [2.45, 2.75) is 39.2 Å². The fourth-order valence-electron chi connectivity index (χ4n) is 2.51. The Balaban J connectivity index is 1.89. The van der Waals surface area contributed by atoms with Crippen molar-refractivity contribution >= 4 is 21.8 Å². The zero-order valence-corrected chi connectivity index (χ0v) is 15.7. The number of rotatable bonds is 8. The number of hydrogen-bond acceptors (Lipinski definition) is 4. The second kappa shape index (κ2) is 8.99. The van der Waals surface area contributed by atoms with E-state index in [0.717, 1.165) is 16.5 Å². The summed E-state index contributed by atoms with van der Waals surface area (Å²) in [5.41, 5.74) is 6.65. The van der Waals surface area contributed by atoms with Gasteiger partial charge in [-0.1, -0.05) is 48.0 Å². The lowest BCUT2D eigenvalue weighted by Crippen LogP contribution is -2.41. The van der Waals surface area contributed by atoms with E-state index < -0.39 is 0 Å². The average molecular weight is 394 g/mol. The maximum absolute atomic E-state index is 12.1. The van der Waals surface area contributed by atoms with E-state index in [0.29, 0.717) is 37.0 Å². The number of nitrogens with one attached hydrogen (secondary N) is 1. The zero-order valence-electron chi connectivity index (χ0n) is 14.1. The molecule has 3 N–H and O–H groups in total. The number of oxazole rings is 1. The highest BCUT2D eigenvalue weighted by Gasteiger charge is 2.14. The van der Waals surface area contributed by atoms with Gasteiger partial charge in [0.15, 0.2) is 11.7 Å². The first-order valence-electron chi connectivity index (χ1n) is 8.18. The molecule has 0 bridgehead atoms. The van der Waals surface area contributed by atoms with Crippen LogP contribution in [0.2, 0.25) is 0 Å². The molecule has 1 aromatic carbocycles. The Bertz CT molecular complexity index is 670. The van der Waals surface area contributed by atoms with E-state index in [-0.39, 0.29) is 11.9 Å². The molecule has 1 unspecified atom stereocenters. The van der Waals surface area contributed by atoms with Crippen LogP contribution in [-0.4, -0.2) is 23.5 Å². The van der Waals surface area contributed by atoms with Crippen LogP contribution in [0.25, 0.3) is 11.3 Å². The van der Waals surface area contributed by atoms with Gasteiger partial charge in [-0.3, -0.25) is 4.79 Å². The summed E-state index contributed by atoms with van der Waals surface area (Å²) >= 11 is 3.50. The van der Waals surface area contributed by atoms with E-state index in [1.807, 2.05) is 24.3 Å². The molecular weight excluding hydrogens is 370 g/mol. The van der Waals surface area contributed by atoms with Gasteiger partial charge in [0, 0.05) is 35.5 Å². The van der Waals surface area contributed by atoms with Crippen LogP contribution in [0.5, 0.6) is 0 Å². The minimum Gasteiger partial charge on any atom is -0.441 e. The zero-order chi connectivity index (χ0) is 17.5. The molecule has 1 amide bonds. The number of halogens is 1. The largest absolute Gasteiger partial charge is 0.441 e. The van der Waals surface area contributed by atoms with Gasteiger partial charge < -0.3 is 15.5 Å². The Kier molecular flexibility index (Phi) is 6.99. The van der Waals surface area contributed by atoms with Gasteiger partial charge >= 0.3 is 0 Å².